The highest BCUT2D eigenvalue weighted by atomic mass is 32.2. The van der Waals surface area contributed by atoms with E-state index in [0.29, 0.717) is 18.6 Å². The molecule has 0 unspecified atom stereocenters. The van der Waals surface area contributed by atoms with Crippen molar-refractivity contribution in [3.63, 3.8) is 0 Å². The number of nitrogens with two attached hydrogens (primary N) is 1. The minimum atomic E-state index is -4.18. The third-order valence-corrected chi connectivity index (χ3v) is 5.94. The van der Waals surface area contributed by atoms with Gasteiger partial charge in [-0.05, 0) is 31.9 Å². The number of nitrogens with zero attached hydrogens (tertiary/aromatic N) is 3. The van der Waals surface area contributed by atoms with E-state index in [0.717, 1.165) is 5.56 Å². The van der Waals surface area contributed by atoms with E-state index in [1.807, 2.05) is 13.8 Å². The summed E-state index contributed by atoms with van der Waals surface area (Å²) in [6.45, 7) is 9.08. The molecule has 31 heavy (non-hydrogen) atoms. The van der Waals surface area contributed by atoms with E-state index in [2.05, 4.69) is 31.7 Å². The Morgan fingerprint density at radius 3 is 2.65 bits per heavy atom. The van der Waals surface area contributed by atoms with Crippen LogP contribution in [0.1, 0.15) is 43.3 Å². The van der Waals surface area contributed by atoms with Crippen LogP contribution in [0.25, 0.3) is 6.08 Å². The fourth-order valence-electron chi connectivity index (χ4n) is 2.63. The molecule has 0 radical (unpaired) electrons. The second-order valence-electron chi connectivity index (χ2n) is 6.75. The topological polar surface area (TPSA) is 132 Å². The summed E-state index contributed by atoms with van der Waals surface area (Å²) in [5, 5.41) is 1.43. The molecule has 0 fully saturated rings. The highest BCUT2D eigenvalue weighted by molar-refractivity contribution is 7.90. The maximum atomic E-state index is 14.2. The fourth-order valence-corrected chi connectivity index (χ4v) is 3.66. The summed E-state index contributed by atoms with van der Waals surface area (Å²) >= 11 is 0. The van der Waals surface area contributed by atoms with Crippen molar-refractivity contribution < 1.29 is 17.5 Å². The van der Waals surface area contributed by atoms with Crippen molar-refractivity contribution in [1.82, 2.24) is 15.4 Å². The van der Waals surface area contributed by atoms with Crippen LogP contribution in [0, 0.1) is 12.7 Å². The number of guanidine groups is 1. The molecule has 0 saturated carbocycles. The number of hydrazine groups is 1. The van der Waals surface area contributed by atoms with Crippen molar-refractivity contribution in [3.05, 3.63) is 59.9 Å². The number of aromatic nitrogens is 2. The molecule has 1 aromatic carbocycles. The minimum absolute atomic E-state index is 0.0160. The zero-order valence-electron chi connectivity index (χ0n) is 17.7. The van der Waals surface area contributed by atoms with Crippen LogP contribution in [0.5, 0.6) is 0 Å². The van der Waals surface area contributed by atoms with Crippen molar-refractivity contribution in [3.8, 4) is 0 Å². The summed E-state index contributed by atoms with van der Waals surface area (Å²) in [5.41, 5.74) is 3.38. The summed E-state index contributed by atoms with van der Waals surface area (Å²) in [5.74, 6) is 4.68. The van der Waals surface area contributed by atoms with Crippen molar-refractivity contribution >= 4 is 27.7 Å². The van der Waals surface area contributed by atoms with Crippen molar-refractivity contribution in [2.75, 3.05) is 11.9 Å². The van der Waals surface area contributed by atoms with Crippen molar-refractivity contribution in [2.45, 2.75) is 38.5 Å². The third-order valence-electron chi connectivity index (χ3n) is 4.32. The average molecular weight is 451 g/mol. The van der Waals surface area contributed by atoms with Gasteiger partial charge >= 0.3 is 0 Å². The number of sulfonamides is 1. The number of nitrogens with one attached hydrogen (secondary N) is 2. The third kappa shape index (κ3) is 6.29. The number of hydrogen-bond acceptors (Lipinski definition) is 6. The molecule has 1 heterocycles. The molecule has 1 aromatic heterocycles. The lowest BCUT2D eigenvalue weighted by atomic mass is 10.1. The van der Waals surface area contributed by atoms with Gasteiger partial charge in [0.25, 0.3) is 10.0 Å². The number of anilines is 1. The number of para-hydroxylation sites is 1. The lowest BCUT2D eigenvalue weighted by molar-refractivity contribution is 0.0465. The van der Waals surface area contributed by atoms with E-state index < -0.39 is 27.2 Å². The number of benzene rings is 1. The number of rotatable bonds is 9. The van der Waals surface area contributed by atoms with Crippen LogP contribution in [0.2, 0.25) is 0 Å². The molecule has 0 saturated heterocycles. The van der Waals surface area contributed by atoms with Gasteiger partial charge in [0.05, 0.1) is 5.69 Å². The van der Waals surface area contributed by atoms with E-state index >= 15 is 0 Å². The molecule has 2 aromatic rings. The lowest BCUT2D eigenvalue weighted by Gasteiger charge is -2.22. The Morgan fingerprint density at radius 1 is 1.39 bits per heavy atom. The van der Waals surface area contributed by atoms with Gasteiger partial charge in [-0.2, -0.15) is 0 Å². The molecule has 0 spiro atoms. The van der Waals surface area contributed by atoms with Gasteiger partial charge in [-0.25, -0.2) is 28.6 Å². The summed E-state index contributed by atoms with van der Waals surface area (Å²) < 4.78 is 49.7. The minimum Gasteiger partial charge on any atom is -0.369 e. The van der Waals surface area contributed by atoms with E-state index in [9.17, 15) is 12.8 Å². The van der Waals surface area contributed by atoms with Gasteiger partial charge in [0.1, 0.15) is 17.2 Å². The van der Waals surface area contributed by atoms with Crippen LogP contribution in [-0.4, -0.2) is 36.2 Å². The highest BCUT2D eigenvalue weighted by Crippen LogP contribution is 2.25. The Morgan fingerprint density at radius 2 is 2.06 bits per heavy atom. The van der Waals surface area contributed by atoms with E-state index in [1.54, 1.807) is 18.5 Å². The molecule has 0 aliphatic heterocycles. The van der Waals surface area contributed by atoms with Gasteiger partial charge in [-0.3, -0.25) is 5.43 Å². The van der Waals surface area contributed by atoms with Gasteiger partial charge in [0, 0.05) is 24.6 Å². The maximum absolute atomic E-state index is 14.2. The van der Waals surface area contributed by atoms with Crippen LogP contribution in [0.3, 0.4) is 0 Å². The molecular formula is C20H27FN6O3S. The predicted molar refractivity (Wildman–Crippen MR) is 119 cm³/mol. The van der Waals surface area contributed by atoms with Crippen LogP contribution in [-0.2, 0) is 14.8 Å². The molecule has 0 amide bonds. The maximum Gasteiger partial charge on any atom is 0.262 e. The smallest absolute Gasteiger partial charge is 0.262 e. The first-order valence-electron chi connectivity index (χ1n) is 9.62. The highest BCUT2D eigenvalue weighted by Gasteiger charge is 2.34. The summed E-state index contributed by atoms with van der Waals surface area (Å²) in [4.78, 5) is 8.40. The Bertz CT molecular complexity index is 1030. The van der Waals surface area contributed by atoms with Crippen LogP contribution in [0.4, 0.5) is 10.1 Å². The Labute approximate surface area is 181 Å². The first-order chi connectivity index (χ1) is 14.7. The number of ether oxygens (including phenoxy) is 1. The SMILES string of the molecule is C=Cc1cccc(F)c1NC(=NS(=O)(=O)[C@@H](C)[C@@H](OCCC)c1ncc(C)cn1)NN. The molecular weight excluding hydrogens is 423 g/mol. The summed E-state index contributed by atoms with van der Waals surface area (Å²) in [7, 11) is -4.18. The molecule has 0 aliphatic rings. The first kappa shape index (κ1) is 24.4. The largest absolute Gasteiger partial charge is 0.369 e. The number of aryl methyl sites for hydroxylation is 1. The molecule has 11 heteroatoms. The van der Waals surface area contributed by atoms with E-state index in [-0.39, 0.29) is 17.5 Å². The quantitative estimate of drug-likeness (QED) is 0.230. The zero-order valence-corrected chi connectivity index (χ0v) is 18.5. The second-order valence-corrected chi connectivity index (χ2v) is 8.70. The monoisotopic (exact) mass is 450 g/mol. The van der Waals surface area contributed by atoms with E-state index in [4.69, 9.17) is 10.6 Å². The Hall–Kier alpha value is -2.89. The second kappa shape index (κ2) is 10.9. The van der Waals surface area contributed by atoms with Gasteiger partial charge in [0.15, 0.2) is 5.82 Å². The zero-order chi connectivity index (χ0) is 23.0. The summed E-state index contributed by atoms with van der Waals surface area (Å²) in [6, 6.07) is 4.32. The molecule has 2 rings (SSSR count). The fraction of sp³-hybridized carbons (Fsp3) is 0.350. The Balaban J connectivity index is 2.38. The molecule has 0 bridgehead atoms. The van der Waals surface area contributed by atoms with Gasteiger partial charge in [0.2, 0.25) is 5.96 Å². The lowest BCUT2D eigenvalue weighted by Crippen LogP contribution is -2.39. The Kier molecular flexibility index (Phi) is 8.60. The normalized spacial score (nSPS) is 14.0. The van der Waals surface area contributed by atoms with Crippen LogP contribution in [0.15, 0.2) is 41.6 Å². The molecule has 4 N–H and O–H groups in total. The number of hydrogen-bond donors (Lipinski definition) is 3. The van der Waals surface area contributed by atoms with Crippen LogP contribution >= 0.6 is 0 Å². The first-order valence-corrected chi connectivity index (χ1v) is 11.1. The molecule has 0 aliphatic carbocycles. The van der Waals surface area contributed by atoms with Crippen molar-refractivity contribution in [2.24, 2.45) is 10.2 Å². The van der Waals surface area contributed by atoms with Gasteiger partial charge < -0.3 is 10.1 Å². The summed E-state index contributed by atoms with van der Waals surface area (Å²) in [6.07, 6.45) is 4.30. The van der Waals surface area contributed by atoms with Gasteiger partial charge in [-0.1, -0.05) is 31.7 Å². The number of halogens is 1. The standard InChI is InChI=1S/C20H27FN6O3S/c1-5-10-30-18(19-23-11-13(3)12-24-19)14(4)31(28,29)27-20(26-22)25-17-15(6-2)8-7-9-16(17)21/h6-9,11-12,14,18H,2,5,10,22H2,1,3-4H3,(H2,25,26,27)/t14-,18+/m0/s1. The molecule has 168 valence electrons. The average Bonchev–Trinajstić information content (AvgIpc) is 2.75. The van der Waals surface area contributed by atoms with E-state index in [1.165, 1.54) is 25.1 Å². The van der Waals surface area contributed by atoms with Gasteiger partial charge in [-0.15, -0.1) is 4.40 Å². The predicted octanol–water partition coefficient (Wildman–Crippen LogP) is 2.68. The van der Waals surface area contributed by atoms with Crippen molar-refractivity contribution in [1.29, 1.82) is 0 Å². The van der Waals surface area contributed by atoms with Crippen LogP contribution < -0.4 is 16.6 Å². The molecule has 2 atom stereocenters. The molecule has 9 nitrogen and oxygen atoms in total.